The Labute approximate surface area is 198 Å². The lowest BCUT2D eigenvalue weighted by Gasteiger charge is -2.34. The normalized spacial score (nSPS) is 17.6. The summed E-state index contributed by atoms with van der Waals surface area (Å²) in [6.45, 7) is 5.07. The van der Waals surface area contributed by atoms with Crippen LogP contribution in [0.3, 0.4) is 0 Å². The fourth-order valence-corrected chi connectivity index (χ4v) is 5.35. The Morgan fingerprint density at radius 3 is 2.39 bits per heavy atom. The second-order valence-electron chi connectivity index (χ2n) is 8.49. The van der Waals surface area contributed by atoms with Gasteiger partial charge in [0.1, 0.15) is 0 Å². The molecule has 1 aromatic heterocycles. The number of rotatable bonds is 5. The zero-order valence-corrected chi connectivity index (χ0v) is 19.8. The monoisotopic (exact) mass is 467 g/mol. The smallest absolute Gasteiger partial charge is 0.303 e. The Kier molecular flexibility index (Phi) is 7.33. The number of hydrogen-bond acceptors (Lipinski definition) is 6. The molecule has 1 aromatic carbocycles. The van der Waals surface area contributed by atoms with Crippen molar-refractivity contribution in [3.05, 3.63) is 65.0 Å². The lowest BCUT2D eigenvalue weighted by molar-refractivity contribution is -0.159. The second-order valence-corrected chi connectivity index (χ2v) is 9.57. The van der Waals surface area contributed by atoms with E-state index in [1.807, 2.05) is 42.2 Å². The predicted molar refractivity (Wildman–Crippen MR) is 127 cm³/mol. The Morgan fingerprint density at radius 1 is 1.03 bits per heavy atom. The highest BCUT2D eigenvalue weighted by atomic mass is 32.2. The number of ether oxygens (including phenoxy) is 1. The summed E-state index contributed by atoms with van der Waals surface area (Å²) < 4.78 is 5.39. The largest absolute Gasteiger partial charge is 0.447 e. The molecule has 2 fully saturated rings. The summed E-state index contributed by atoms with van der Waals surface area (Å²) >= 11 is 1.76. The van der Waals surface area contributed by atoms with Gasteiger partial charge in [-0.1, -0.05) is 30.3 Å². The van der Waals surface area contributed by atoms with Gasteiger partial charge in [0.15, 0.2) is 0 Å². The third-order valence-corrected chi connectivity index (χ3v) is 7.10. The third-order valence-electron chi connectivity index (χ3n) is 6.14. The van der Waals surface area contributed by atoms with Gasteiger partial charge in [-0.05, 0) is 31.9 Å². The summed E-state index contributed by atoms with van der Waals surface area (Å²) in [5, 5.41) is 0. The van der Waals surface area contributed by atoms with Crippen molar-refractivity contribution >= 4 is 29.5 Å². The molecule has 2 saturated heterocycles. The van der Waals surface area contributed by atoms with E-state index in [1.165, 1.54) is 6.92 Å². The van der Waals surface area contributed by atoms with Gasteiger partial charge >= 0.3 is 5.97 Å². The van der Waals surface area contributed by atoms with Crippen molar-refractivity contribution in [2.24, 2.45) is 0 Å². The van der Waals surface area contributed by atoms with Crippen LogP contribution in [-0.4, -0.2) is 63.8 Å². The maximum atomic E-state index is 13.3. The van der Waals surface area contributed by atoms with Gasteiger partial charge in [0.2, 0.25) is 6.10 Å². The molecule has 3 heterocycles. The van der Waals surface area contributed by atoms with Gasteiger partial charge in [0.05, 0.1) is 17.1 Å². The molecule has 33 heavy (non-hydrogen) atoms. The molecule has 0 saturated carbocycles. The van der Waals surface area contributed by atoms with E-state index in [2.05, 4.69) is 0 Å². The highest BCUT2D eigenvalue weighted by Crippen LogP contribution is 2.32. The maximum absolute atomic E-state index is 13.3. The molecule has 174 valence electrons. The Hall–Kier alpha value is -2.87. The van der Waals surface area contributed by atoms with Crippen molar-refractivity contribution < 1.29 is 19.1 Å². The van der Waals surface area contributed by atoms with Gasteiger partial charge in [-0.2, -0.15) is 0 Å². The number of carbonyl (C=O) groups excluding carboxylic acids is 3. The van der Waals surface area contributed by atoms with E-state index < -0.39 is 12.1 Å². The van der Waals surface area contributed by atoms with Gasteiger partial charge in [0, 0.05) is 49.5 Å². The maximum Gasteiger partial charge on any atom is 0.303 e. The molecule has 0 spiro atoms. The molecule has 2 aliphatic rings. The second kappa shape index (κ2) is 10.4. The molecule has 0 unspecified atom stereocenters. The first-order valence-corrected chi connectivity index (χ1v) is 12.4. The zero-order valence-electron chi connectivity index (χ0n) is 19.0. The summed E-state index contributed by atoms with van der Waals surface area (Å²) in [5.41, 5.74) is 3.06. The molecule has 8 heteroatoms. The van der Waals surface area contributed by atoms with Gasteiger partial charge < -0.3 is 14.5 Å². The number of carbonyl (C=O) groups is 3. The molecular formula is C25H29N3O4S. The number of nitrogens with zero attached hydrogens (tertiary/aromatic N) is 3. The molecule has 0 aliphatic carbocycles. The van der Waals surface area contributed by atoms with Crippen molar-refractivity contribution in [3.8, 4) is 0 Å². The number of esters is 1. The van der Waals surface area contributed by atoms with E-state index in [9.17, 15) is 14.4 Å². The van der Waals surface area contributed by atoms with E-state index >= 15 is 0 Å². The third kappa shape index (κ3) is 5.38. The SMILES string of the molecule is CC(=O)O[C@H](C(=O)N1CCC(c2nc(C)ccc2C(=O)N2CCSC2)CC1)c1ccccc1. The number of likely N-dealkylation sites (tertiary alicyclic amines) is 1. The average Bonchev–Trinajstić information content (AvgIpc) is 3.37. The molecule has 2 aromatic rings. The minimum atomic E-state index is -0.942. The summed E-state index contributed by atoms with van der Waals surface area (Å²) in [7, 11) is 0. The average molecular weight is 468 g/mol. The molecule has 0 N–H and O–H groups in total. The first-order chi connectivity index (χ1) is 15.9. The number of hydrogen-bond donors (Lipinski definition) is 0. The van der Waals surface area contributed by atoms with Gasteiger partial charge in [-0.3, -0.25) is 19.4 Å². The van der Waals surface area contributed by atoms with E-state index in [1.54, 1.807) is 28.8 Å². The molecule has 7 nitrogen and oxygen atoms in total. The van der Waals surface area contributed by atoms with Crippen molar-refractivity contribution in [1.82, 2.24) is 14.8 Å². The Balaban J connectivity index is 1.48. The van der Waals surface area contributed by atoms with Crippen LogP contribution in [0.15, 0.2) is 42.5 Å². The summed E-state index contributed by atoms with van der Waals surface area (Å²) in [4.78, 5) is 46.4. The van der Waals surface area contributed by atoms with Crippen LogP contribution < -0.4 is 0 Å². The molecule has 2 aliphatic heterocycles. The number of piperidine rings is 1. The Morgan fingerprint density at radius 2 is 1.76 bits per heavy atom. The van der Waals surface area contributed by atoms with Gasteiger partial charge in [-0.15, -0.1) is 11.8 Å². The fraction of sp³-hybridized carbons (Fsp3) is 0.440. The molecular weight excluding hydrogens is 438 g/mol. The topological polar surface area (TPSA) is 79.8 Å². The molecule has 1 atom stereocenters. The predicted octanol–water partition coefficient (Wildman–Crippen LogP) is 3.55. The van der Waals surface area contributed by atoms with Crippen LogP contribution >= 0.6 is 11.8 Å². The number of pyridine rings is 1. The minimum absolute atomic E-state index is 0.0417. The lowest BCUT2D eigenvalue weighted by Crippen LogP contribution is -2.42. The summed E-state index contributed by atoms with van der Waals surface area (Å²) in [6, 6.07) is 12.9. The number of aromatic nitrogens is 1. The first kappa shape index (κ1) is 23.3. The van der Waals surface area contributed by atoms with Crippen LogP contribution in [-0.2, 0) is 14.3 Å². The molecule has 0 radical (unpaired) electrons. The van der Waals surface area contributed by atoms with Crippen molar-refractivity contribution in [3.63, 3.8) is 0 Å². The van der Waals surface area contributed by atoms with Gasteiger partial charge in [-0.25, -0.2) is 0 Å². The molecule has 2 amide bonds. The lowest BCUT2D eigenvalue weighted by atomic mass is 9.89. The molecule has 0 bridgehead atoms. The zero-order chi connectivity index (χ0) is 23.4. The van der Waals surface area contributed by atoms with Crippen LogP contribution in [0.2, 0.25) is 0 Å². The van der Waals surface area contributed by atoms with E-state index in [-0.39, 0.29) is 17.7 Å². The number of thioether (sulfide) groups is 1. The van der Waals surface area contributed by atoms with E-state index in [0.717, 1.165) is 29.6 Å². The summed E-state index contributed by atoms with van der Waals surface area (Å²) in [6.07, 6.45) is 0.472. The van der Waals surface area contributed by atoms with Crippen LogP contribution in [0.25, 0.3) is 0 Å². The number of amides is 2. The first-order valence-electron chi connectivity index (χ1n) is 11.3. The van der Waals surface area contributed by atoms with Crippen LogP contribution in [0.5, 0.6) is 0 Å². The summed E-state index contributed by atoms with van der Waals surface area (Å²) in [5.74, 6) is 1.13. The highest BCUT2D eigenvalue weighted by molar-refractivity contribution is 7.99. The van der Waals surface area contributed by atoms with E-state index in [4.69, 9.17) is 9.72 Å². The minimum Gasteiger partial charge on any atom is -0.447 e. The van der Waals surface area contributed by atoms with E-state index in [0.29, 0.717) is 37.1 Å². The van der Waals surface area contributed by atoms with Crippen molar-refractivity contribution in [1.29, 1.82) is 0 Å². The standard InChI is InChI=1S/C25H29N3O4S/c1-17-8-9-21(24(30)28-14-15-33-16-28)22(26-17)19-10-12-27(13-11-19)25(31)23(32-18(2)29)20-6-4-3-5-7-20/h3-9,19,23H,10-16H2,1-2H3/t23-/m0/s1. The highest BCUT2D eigenvalue weighted by Gasteiger charge is 2.34. The van der Waals surface area contributed by atoms with Gasteiger partial charge in [0.25, 0.3) is 11.8 Å². The number of aryl methyl sites for hydroxylation is 1. The van der Waals surface area contributed by atoms with Crippen LogP contribution in [0.4, 0.5) is 0 Å². The van der Waals surface area contributed by atoms with Crippen LogP contribution in [0.1, 0.15) is 59.1 Å². The fourth-order valence-electron chi connectivity index (χ4n) is 4.41. The Bertz CT molecular complexity index is 1020. The number of benzene rings is 1. The molecule has 4 rings (SSSR count). The van der Waals surface area contributed by atoms with Crippen molar-refractivity contribution in [2.45, 2.75) is 38.7 Å². The van der Waals surface area contributed by atoms with Crippen LogP contribution in [0, 0.1) is 6.92 Å². The van der Waals surface area contributed by atoms with Crippen molar-refractivity contribution in [2.75, 3.05) is 31.3 Å². The quantitative estimate of drug-likeness (QED) is 0.626.